The van der Waals surface area contributed by atoms with Gasteiger partial charge in [0, 0.05) is 50.0 Å². The second-order valence-electron chi connectivity index (χ2n) is 4.27. The minimum Gasteiger partial charge on any atom is -0.662 e. The van der Waals surface area contributed by atoms with Crippen molar-refractivity contribution in [3.63, 3.8) is 0 Å². The Morgan fingerprint density at radius 2 is 2.14 bits per heavy atom. The molecule has 0 aromatic rings. The molecule has 75 valence electrons. The average molecular weight is 405 g/mol. The van der Waals surface area contributed by atoms with Crippen molar-refractivity contribution in [1.82, 2.24) is 0 Å². The number of carbonyl (C=O) groups is 1. The first kappa shape index (κ1) is 12.9. The molecule has 4 atom stereocenters. The van der Waals surface area contributed by atoms with E-state index in [0.717, 1.165) is 19.4 Å². The smallest absolute Gasteiger partial charge is 0.132 e. The van der Waals surface area contributed by atoms with E-state index in [1.807, 2.05) is 6.08 Å². The van der Waals surface area contributed by atoms with Crippen molar-refractivity contribution >= 4 is 5.78 Å². The fourth-order valence-corrected chi connectivity index (χ4v) is 2.48. The molecular formula is C11H16AcNO-. The van der Waals surface area contributed by atoms with Crippen LogP contribution in [0.4, 0.5) is 0 Å². The average Bonchev–Trinajstić information content (AvgIpc) is 2.84. The largest absolute Gasteiger partial charge is 0.662 e. The summed E-state index contributed by atoms with van der Waals surface area (Å²) >= 11 is 0. The summed E-state index contributed by atoms with van der Waals surface area (Å²) in [6.07, 6.45) is 4.07. The van der Waals surface area contributed by atoms with E-state index in [4.69, 9.17) is 0 Å². The molecule has 0 aromatic heterocycles. The fourth-order valence-electron chi connectivity index (χ4n) is 2.48. The van der Waals surface area contributed by atoms with Crippen LogP contribution in [0.1, 0.15) is 19.8 Å². The molecule has 0 bridgehead atoms. The summed E-state index contributed by atoms with van der Waals surface area (Å²) in [6.45, 7) is 6.56. The number of rotatable bonds is 3. The Kier molecular flexibility index (Phi) is 4.81. The van der Waals surface area contributed by atoms with Crippen molar-refractivity contribution in [3.05, 3.63) is 18.0 Å². The topological polar surface area (TPSA) is 31.2 Å². The summed E-state index contributed by atoms with van der Waals surface area (Å²) in [7, 11) is 0. The third-order valence-electron chi connectivity index (χ3n) is 3.43. The standard InChI is InChI=1S/C11H16NO.Ac/c1-3-8-4-9(7(2)13)5-10(8)11-6-12-11;/h3,8-11H,1,4-6H2,2H3;/q-1;/t8-,9+,10-,11+;/m1./s1. The van der Waals surface area contributed by atoms with Crippen molar-refractivity contribution in [2.45, 2.75) is 25.8 Å². The van der Waals surface area contributed by atoms with Crippen LogP contribution in [0.3, 0.4) is 0 Å². The number of carbonyl (C=O) groups excluding carboxylic acids is 1. The predicted molar refractivity (Wildman–Crippen MR) is 52.6 cm³/mol. The monoisotopic (exact) mass is 405 g/mol. The molecule has 14 heavy (non-hydrogen) atoms. The molecular weight excluding hydrogens is 389 g/mol. The predicted octanol–water partition coefficient (Wildman–Crippen LogP) is 2.16. The number of allylic oxidation sites excluding steroid dienone is 1. The van der Waals surface area contributed by atoms with Crippen LogP contribution >= 0.6 is 0 Å². The Balaban J connectivity index is 0.000000980. The Morgan fingerprint density at radius 1 is 1.50 bits per heavy atom. The van der Waals surface area contributed by atoms with Gasteiger partial charge in [0.05, 0.1) is 0 Å². The molecule has 0 amide bonds. The van der Waals surface area contributed by atoms with Crippen molar-refractivity contribution in [3.8, 4) is 0 Å². The Labute approximate surface area is 121 Å². The maximum atomic E-state index is 11.2. The third kappa shape index (κ3) is 2.68. The Morgan fingerprint density at radius 3 is 2.57 bits per heavy atom. The van der Waals surface area contributed by atoms with E-state index < -0.39 is 0 Å². The molecule has 0 spiro atoms. The molecule has 0 unspecified atom stereocenters. The van der Waals surface area contributed by atoms with E-state index in [-0.39, 0.29) is 50.0 Å². The molecule has 3 heteroatoms. The second kappa shape index (κ2) is 5.23. The van der Waals surface area contributed by atoms with Gasteiger partial charge in [0.1, 0.15) is 5.78 Å². The molecule has 0 aromatic carbocycles. The van der Waals surface area contributed by atoms with Crippen molar-refractivity contribution < 1.29 is 48.9 Å². The minimum atomic E-state index is 0. The van der Waals surface area contributed by atoms with E-state index >= 15 is 0 Å². The zero-order chi connectivity index (χ0) is 9.42. The van der Waals surface area contributed by atoms with Gasteiger partial charge in [0.2, 0.25) is 0 Å². The fraction of sp³-hybridized carbons (Fsp3) is 0.727. The van der Waals surface area contributed by atoms with Gasteiger partial charge in [0.15, 0.2) is 0 Å². The number of ketones is 1. The van der Waals surface area contributed by atoms with Gasteiger partial charge >= 0.3 is 0 Å². The molecule has 0 N–H and O–H groups in total. The van der Waals surface area contributed by atoms with E-state index in [9.17, 15) is 4.79 Å². The SMILES string of the molecule is C=C[C@@H]1C[C@H](C(C)=O)C[C@H]1[C@@H]1C[N-]1.[Ac]. The van der Waals surface area contributed by atoms with Crippen LogP contribution in [0, 0.1) is 61.8 Å². The van der Waals surface area contributed by atoms with Crippen LogP contribution in [-0.2, 0) is 4.79 Å². The third-order valence-corrected chi connectivity index (χ3v) is 3.43. The first-order valence-electron chi connectivity index (χ1n) is 5.02. The van der Waals surface area contributed by atoms with Gasteiger partial charge in [0.25, 0.3) is 0 Å². The van der Waals surface area contributed by atoms with Crippen LogP contribution in [0.2, 0.25) is 0 Å². The molecule has 2 fully saturated rings. The molecule has 1 saturated heterocycles. The van der Waals surface area contributed by atoms with Crippen LogP contribution in [0.25, 0.3) is 5.32 Å². The van der Waals surface area contributed by atoms with Gasteiger partial charge in [-0.3, -0.25) is 4.79 Å². The summed E-state index contributed by atoms with van der Waals surface area (Å²) in [5.74, 6) is 1.77. The quantitative estimate of drug-likeness (QED) is 0.523. The molecule has 2 aliphatic rings. The zero-order valence-corrected chi connectivity index (χ0v) is 13.4. The van der Waals surface area contributed by atoms with Gasteiger partial charge in [-0.1, -0.05) is 12.0 Å². The summed E-state index contributed by atoms with van der Waals surface area (Å²) in [6, 6.07) is 0.548. The zero-order valence-electron chi connectivity index (χ0n) is 8.65. The second-order valence-corrected chi connectivity index (χ2v) is 4.27. The van der Waals surface area contributed by atoms with E-state index in [1.54, 1.807) is 6.92 Å². The van der Waals surface area contributed by atoms with Crippen LogP contribution in [0.5, 0.6) is 0 Å². The maximum absolute atomic E-state index is 11.2. The van der Waals surface area contributed by atoms with E-state index in [1.165, 1.54) is 0 Å². The number of hydrogen-bond donors (Lipinski definition) is 0. The van der Waals surface area contributed by atoms with Gasteiger partial charge < -0.3 is 5.32 Å². The van der Waals surface area contributed by atoms with Gasteiger partial charge in [-0.2, -0.15) is 12.6 Å². The molecule has 1 aliphatic heterocycles. The molecule has 2 rings (SSSR count). The van der Waals surface area contributed by atoms with Crippen molar-refractivity contribution in [2.24, 2.45) is 17.8 Å². The Bertz CT molecular complexity index is 237. The molecule has 2 nitrogen and oxygen atoms in total. The van der Waals surface area contributed by atoms with Crippen LogP contribution in [0.15, 0.2) is 12.7 Å². The molecule has 1 aliphatic carbocycles. The van der Waals surface area contributed by atoms with Crippen molar-refractivity contribution in [1.29, 1.82) is 0 Å². The normalized spacial score (nSPS) is 40.1. The van der Waals surface area contributed by atoms with E-state index in [2.05, 4.69) is 11.9 Å². The van der Waals surface area contributed by atoms with Crippen LogP contribution < -0.4 is 0 Å². The summed E-state index contributed by atoms with van der Waals surface area (Å²) in [4.78, 5) is 11.2. The summed E-state index contributed by atoms with van der Waals surface area (Å²) in [5.41, 5.74) is 0. The van der Waals surface area contributed by atoms with Crippen molar-refractivity contribution in [2.75, 3.05) is 6.54 Å². The molecule has 1 heterocycles. The maximum Gasteiger partial charge on any atom is 0.132 e. The summed E-state index contributed by atoms with van der Waals surface area (Å²) < 4.78 is 0. The molecule has 1 radical (unpaired) electrons. The summed E-state index contributed by atoms with van der Waals surface area (Å²) in [5, 5.41) is 4.32. The van der Waals surface area contributed by atoms with Gasteiger partial charge in [-0.25, -0.2) is 0 Å². The Hall–Kier alpha value is 0.812. The van der Waals surface area contributed by atoms with Gasteiger partial charge in [-0.05, 0) is 25.7 Å². The minimum absolute atomic E-state index is 0. The van der Waals surface area contributed by atoms with Gasteiger partial charge in [-0.15, -0.1) is 6.58 Å². The molecule has 1 saturated carbocycles. The first-order chi connectivity index (χ1) is 6.22. The first-order valence-corrected chi connectivity index (χ1v) is 5.02. The number of hydrogen-bond acceptors (Lipinski definition) is 1. The van der Waals surface area contributed by atoms with E-state index in [0.29, 0.717) is 23.7 Å². The number of nitrogens with zero attached hydrogens (tertiary/aromatic N) is 1. The number of Topliss-reactive ketones (excluding diaryl/α,β-unsaturated/α-hetero) is 1. The van der Waals surface area contributed by atoms with Crippen LogP contribution in [-0.4, -0.2) is 18.4 Å².